The molecule has 2 aromatic heterocycles. The topological polar surface area (TPSA) is 82.4 Å². The molecule has 0 amide bonds. The van der Waals surface area contributed by atoms with E-state index in [0.29, 0.717) is 34.7 Å². The largest absolute Gasteiger partial charge is 0.493 e. The molecule has 0 fully saturated rings. The summed E-state index contributed by atoms with van der Waals surface area (Å²) in [6, 6.07) is 7.17. The molecular weight excluding hydrogens is 286 g/mol. The van der Waals surface area contributed by atoms with Crippen LogP contribution in [-0.2, 0) is 0 Å². The molecule has 0 atom stereocenters. The predicted molar refractivity (Wildman–Crippen MR) is 79.2 cm³/mol. The molecule has 1 N–H and O–H groups in total. The van der Waals surface area contributed by atoms with Crippen LogP contribution in [0, 0.1) is 0 Å². The first kappa shape index (κ1) is 14.0. The first-order valence-corrected chi connectivity index (χ1v) is 6.53. The van der Waals surface area contributed by atoms with Gasteiger partial charge in [0.05, 0.1) is 27.6 Å². The number of nitrogens with zero attached hydrogens (tertiary/aromatic N) is 2. The van der Waals surface area contributed by atoms with Gasteiger partial charge in [-0.05, 0) is 24.3 Å². The second kappa shape index (κ2) is 5.80. The van der Waals surface area contributed by atoms with Crippen LogP contribution in [-0.4, -0.2) is 36.5 Å². The van der Waals surface area contributed by atoms with Crippen molar-refractivity contribution in [3.05, 3.63) is 30.5 Å². The SMILES string of the molecule is COc1cc(-c2n[nH]c(-c3ccco3)n2)cc(OC)c1OC. The van der Waals surface area contributed by atoms with Crippen LogP contribution in [0.5, 0.6) is 17.2 Å². The van der Waals surface area contributed by atoms with Gasteiger partial charge in [0.25, 0.3) is 0 Å². The summed E-state index contributed by atoms with van der Waals surface area (Å²) in [6.45, 7) is 0. The van der Waals surface area contributed by atoms with E-state index in [2.05, 4.69) is 15.2 Å². The molecule has 0 saturated carbocycles. The van der Waals surface area contributed by atoms with E-state index >= 15 is 0 Å². The van der Waals surface area contributed by atoms with E-state index in [1.807, 2.05) is 0 Å². The molecule has 7 nitrogen and oxygen atoms in total. The van der Waals surface area contributed by atoms with Gasteiger partial charge in [-0.3, -0.25) is 5.10 Å². The minimum Gasteiger partial charge on any atom is -0.493 e. The number of aromatic amines is 1. The Labute approximate surface area is 126 Å². The van der Waals surface area contributed by atoms with Crippen molar-refractivity contribution in [1.29, 1.82) is 0 Å². The molecule has 2 heterocycles. The van der Waals surface area contributed by atoms with Crippen molar-refractivity contribution in [3.8, 4) is 40.2 Å². The molecular formula is C15H15N3O4. The Morgan fingerprint density at radius 2 is 1.77 bits per heavy atom. The van der Waals surface area contributed by atoms with Crippen molar-refractivity contribution >= 4 is 0 Å². The fraction of sp³-hybridized carbons (Fsp3) is 0.200. The second-order valence-corrected chi connectivity index (χ2v) is 4.40. The van der Waals surface area contributed by atoms with E-state index in [1.54, 1.807) is 51.9 Å². The van der Waals surface area contributed by atoms with Crippen LogP contribution in [0.3, 0.4) is 0 Å². The highest BCUT2D eigenvalue weighted by molar-refractivity contribution is 5.67. The minimum absolute atomic E-state index is 0.505. The summed E-state index contributed by atoms with van der Waals surface area (Å²) >= 11 is 0. The maximum absolute atomic E-state index is 5.33. The fourth-order valence-electron chi connectivity index (χ4n) is 2.12. The zero-order valence-corrected chi connectivity index (χ0v) is 12.4. The molecule has 0 spiro atoms. The summed E-state index contributed by atoms with van der Waals surface area (Å²) in [4.78, 5) is 4.42. The number of aromatic nitrogens is 3. The smallest absolute Gasteiger partial charge is 0.203 e. The maximum Gasteiger partial charge on any atom is 0.203 e. The number of nitrogens with one attached hydrogen (secondary N) is 1. The van der Waals surface area contributed by atoms with Crippen molar-refractivity contribution in [3.63, 3.8) is 0 Å². The van der Waals surface area contributed by atoms with Crippen molar-refractivity contribution < 1.29 is 18.6 Å². The summed E-state index contributed by atoms with van der Waals surface area (Å²) in [5.74, 6) is 3.28. The van der Waals surface area contributed by atoms with Crippen LogP contribution in [0.15, 0.2) is 34.9 Å². The number of H-pyrrole nitrogens is 1. The molecule has 0 bridgehead atoms. The summed E-state index contributed by atoms with van der Waals surface area (Å²) in [7, 11) is 4.68. The first-order chi connectivity index (χ1) is 10.8. The molecule has 0 saturated heterocycles. The summed E-state index contributed by atoms with van der Waals surface area (Å²) in [6.07, 6.45) is 1.58. The summed E-state index contributed by atoms with van der Waals surface area (Å²) < 4.78 is 21.3. The lowest BCUT2D eigenvalue weighted by Crippen LogP contribution is -1.96. The molecule has 1 aromatic carbocycles. The lowest BCUT2D eigenvalue weighted by molar-refractivity contribution is 0.324. The van der Waals surface area contributed by atoms with Crippen LogP contribution in [0.2, 0.25) is 0 Å². The highest BCUT2D eigenvalue weighted by Crippen LogP contribution is 2.40. The molecule has 0 unspecified atom stereocenters. The average molecular weight is 301 g/mol. The van der Waals surface area contributed by atoms with Crippen LogP contribution >= 0.6 is 0 Å². The Balaban J connectivity index is 2.05. The van der Waals surface area contributed by atoms with Gasteiger partial charge in [-0.1, -0.05) is 0 Å². The highest BCUT2D eigenvalue weighted by Gasteiger charge is 2.17. The van der Waals surface area contributed by atoms with Crippen molar-refractivity contribution in [1.82, 2.24) is 15.2 Å². The Hall–Kier alpha value is -2.96. The van der Waals surface area contributed by atoms with Crippen molar-refractivity contribution in [2.75, 3.05) is 21.3 Å². The number of hydrogen-bond acceptors (Lipinski definition) is 6. The third kappa shape index (κ3) is 2.37. The van der Waals surface area contributed by atoms with Gasteiger partial charge >= 0.3 is 0 Å². The number of benzene rings is 1. The lowest BCUT2D eigenvalue weighted by Gasteiger charge is -2.12. The average Bonchev–Trinajstić information content (AvgIpc) is 3.23. The molecule has 0 aliphatic rings. The molecule has 3 aromatic rings. The first-order valence-electron chi connectivity index (χ1n) is 6.53. The van der Waals surface area contributed by atoms with E-state index in [9.17, 15) is 0 Å². The molecule has 22 heavy (non-hydrogen) atoms. The molecule has 7 heteroatoms. The van der Waals surface area contributed by atoms with Crippen LogP contribution < -0.4 is 14.2 Å². The fourth-order valence-corrected chi connectivity index (χ4v) is 2.12. The van der Waals surface area contributed by atoms with Crippen LogP contribution in [0.25, 0.3) is 23.0 Å². The van der Waals surface area contributed by atoms with Crippen molar-refractivity contribution in [2.24, 2.45) is 0 Å². The zero-order valence-electron chi connectivity index (χ0n) is 12.4. The van der Waals surface area contributed by atoms with E-state index < -0.39 is 0 Å². The van der Waals surface area contributed by atoms with Gasteiger partial charge in [0, 0.05) is 5.56 Å². The molecule has 0 radical (unpaired) electrons. The van der Waals surface area contributed by atoms with Gasteiger partial charge in [-0.25, -0.2) is 4.98 Å². The number of methoxy groups -OCH3 is 3. The van der Waals surface area contributed by atoms with Gasteiger partial charge in [0.15, 0.2) is 28.9 Å². The van der Waals surface area contributed by atoms with Crippen LogP contribution in [0.4, 0.5) is 0 Å². The third-order valence-electron chi connectivity index (χ3n) is 3.16. The number of furan rings is 1. The standard InChI is InChI=1S/C15H15N3O4/c1-19-11-7-9(8-12(20-2)13(11)21-3)14-16-15(18-17-14)10-5-4-6-22-10/h4-8H,1-3H3,(H,16,17,18). The Bertz CT molecular complexity index is 740. The van der Waals surface area contributed by atoms with Gasteiger partial charge in [0.2, 0.25) is 5.75 Å². The normalized spacial score (nSPS) is 10.5. The number of ether oxygens (including phenoxy) is 3. The number of rotatable bonds is 5. The quantitative estimate of drug-likeness (QED) is 0.780. The van der Waals surface area contributed by atoms with E-state index in [4.69, 9.17) is 18.6 Å². The maximum atomic E-state index is 5.33. The van der Waals surface area contributed by atoms with Crippen LogP contribution in [0.1, 0.15) is 0 Å². The zero-order chi connectivity index (χ0) is 15.5. The molecule has 114 valence electrons. The van der Waals surface area contributed by atoms with E-state index in [1.165, 1.54) is 0 Å². The van der Waals surface area contributed by atoms with E-state index in [-0.39, 0.29) is 0 Å². The Kier molecular flexibility index (Phi) is 3.69. The van der Waals surface area contributed by atoms with Gasteiger partial charge in [0.1, 0.15) is 0 Å². The van der Waals surface area contributed by atoms with Gasteiger partial charge < -0.3 is 18.6 Å². The van der Waals surface area contributed by atoms with Gasteiger partial charge in [-0.2, -0.15) is 5.10 Å². The predicted octanol–water partition coefficient (Wildman–Crippen LogP) is 2.76. The monoisotopic (exact) mass is 301 g/mol. The summed E-state index contributed by atoms with van der Waals surface area (Å²) in [5.41, 5.74) is 0.739. The minimum atomic E-state index is 0.505. The molecule has 3 rings (SSSR count). The molecule has 0 aliphatic heterocycles. The highest BCUT2D eigenvalue weighted by atomic mass is 16.5. The number of hydrogen-bond donors (Lipinski definition) is 1. The molecule has 0 aliphatic carbocycles. The Morgan fingerprint density at radius 1 is 1.05 bits per heavy atom. The lowest BCUT2D eigenvalue weighted by atomic mass is 10.1. The second-order valence-electron chi connectivity index (χ2n) is 4.40. The summed E-state index contributed by atoms with van der Waals surface area (Å²) in [5, 5.41) is 7.04. The van der Waals surface area contributed by atoms with Crippen molar-refractivity contribution in [2.45, 2.75) is 0 Å². The van der Waals surface area contributed by atoms with E-state index in [0.717, 1.165) is 5.56 Å². The Morgan fingerprint density at radius 3 is 2.32 bits per heavy atom. The van der Waals surface area contributed by atoms with Gasteiger partial charge in [-0.15, -0.1) is 0 Å². The third-order valence-corrected chi connectivity index (χ3v) is 3.16.